The maximum absolute atomic E-state index is 12.9. The molecule has 19 nitrogen and oxygen atoms in total. The van der Waals surface area contributed by atoms with Gasteiger partial charge in [0, 0.05) is 89.9 Å². The fourth-order valence-electron chi connectivity index (χ4n) is 7.80. The van der Waals surface area contributed by atoms with E-state index < -0.39 is 6.04 Å². The number of para-hydroxylation sites is 1. The van der Waals surface area contributed by atoms with E-state index >= 15 is 0 Å². The molecule has 0 spiro atoms. The summed E-state index contributed by atoms with van der Waals surface area (Å²) in [5.74, 6) is 0.354. The van der Waals surface area contributed by atoms with Crippen LogP contribution < -0.4 is 39.8 Å². The Kier molecular flexibility index (Phi) is 19.6. The Labute approximate surface area is 411 Å². The van der Waals surface area contributed by atoms with Gasteiger partial charge in [-0.2, -0.15) is 4.98 Å². The van der Waals surface area contributed by atoms with Crippen molar-refractivity contribution in [3.8, 4) is 17.6 Å². The van der Waals surface area contributed by atoms with Crippen molar-refractivity contribution in [3.63, 3.8) is 0 Å². The number of unbranched alkanes of at least 4 members (excludes halogenated alkanes) is 1. The Morgan fingerprint density at radius 3 is 2.29 bits per heavy atom. The molecule has 2 saturated heterocycles. The number of aromatic nitrogens is 3. The number of amides is 4. The first kappa shape index (κ1) is 53.1. The van der Waals surface area contributed by atoms with Crippen LogP contribution in [0.1, 0.15) is 44.1 Å². The van der Waals surface area contributed by atoms with E-state index in [1.165, 1.54) is 53.1 Å². The zero-order valence-corrected chi connectivity index (χ0v) is 41.3. The summed E-state index contributed by atoms with van der Waals surface area (Å²) in [4.78, 5) is 93.4. The average Bonchev–Trinajstić information content (AvgIpc) is 3.73. The molecule has 0 bridgehead atoms. The number of halogens is 2. The number of aliphatic imine (C=N–C) groups is 1. The van der Waals surface area contributed by atoms with Gasteiger partial charge >= 0.3 is 6.01 Å². The molecule has 4 amide bonds. The van der Waals surface area contributed by atoms with Crippen LogP contribution in [0.4, 0.5) is 17.1 Å². The number of amidine groups is 1. The van der Waals surface area contributed by atoms with Gasteiger partial charge in [-0.3, -0.25) is 39.2 Å². The number of nitrogens with zero attached hydrogens (tertiary/aromatic N) is 9. The van der Waals surface area contributed by atoms with Crippen molar-refractivity contribution in [2.24, 2.45) is 12.0 Å². The SMILES string of the molecule is CN1CCC(Oc2cccc(N(C)C3CCC(=O)NC3=O)c2N(C)C=O)CC1.CN=C(c1cnc(OC)nc1OC)N(CCCC=O)C1=CC(=O)N(c2cc(Cl)cn(C)c2=O)C1.Clc1ccccc1. The van der Waals surface area contributed by atoms with Crippen molar-refractivity contribution in [2.75, 3.05) is 83.3 Å². The third-order valence-corrected chi connectivity index (χ3v) is 11.9. The summed E-state index contributed by atoms with van der Waals surface area (Å²) >= 11 is 11.7. The molecular formula is C48H58Cl2N10O9. The number of rotatable bonds is 15. The van der Waals surface area contributed by atoms with Gasteiger partial charge in [-0.15, -0.1) is 0 Å². The minimum atomic E-state index is -0.477. The van der Waals surface area contributed by atoms with E-state index in [2.05, 4.69) is 32.2 Å². The Morgan fingerprint density at radius 2 is 1.68 bits per heavy atom. The molecule has 1 atom stereocenters. The summed E-state index contributed by atoms with van der Waals surface area (Å²) in [7, 11) is 11.6. The van der Waals surface area contributed by atoms with E-state index in [0.29, 0.717) is 65.8 Å². The predicted molar refractivity (Wildman–Crippen MR) is 265 cm³/mol. The van der Waals surface area contributed by atoms with Crippen LogP contribution in [0, 0.1) is 0 Å². The minimum absolute atomic E-state index is 0.0890. The number of ether oxygens (including phenoxy) is 3. The van der Waals surface area contributed by atoms with Crippen LogP contribution in [0.3, 0.4) is 0 Å². The topological polar surface area (TPSA) is 201 Å². The average molecular weight is 990 g/mol. The molecule has 2 aromatic carbocycles. The summed E-state index contributed by atoms with van der Waals surface area (Å²) < 4.78 is 18.1. The molecule has 1 unspecified atom stereocenters. The molecule has 0 saturated carbocycles. The monoisotopic (exact) mass is 988 g/mol. The predicted octanol–water partition coefficient (Wildman–Crippen LogP) is 4.77. The number of anilines is 3. The number of benzene rings is 2. The minimum Gasteiger partial charge on any atom is -0.488 e. The van der Waals surface area contributed by atoms with Crippen molar-refractivity contribution in [1.29, 1.82) is 0 Å². The zero-order valence-electron chi connectivity index (χ0n) is 39.8. The Morgan fingerprint density at radius 1 is 0.957 bits per heavy atom. The smallest absolute Gasteiger partial charge is 0.319 e. The number of aryl methyl sites for hydroxylation is 1. The Balaban J connectivity index is 0.000000228. The first-order valence-corrected chi connectivity index (χ1v) is 22.8. The number of likely N-dealkylation sites (N-methyl/N-ethyl adjacent to an activating group) is 1. The number of nitrogens with one attached hydrogen (secondary N) is 1. The van der Waals surface area contributed by atoms with Crippen LogP contribution in [-0.4, -0.2) is 141 Å². The van der Waals surface area contributed by atoms with Gasteiger partial charge in [-0.05, 0) is 63.1 Å². The van der Waals surface area contributed by atoms with Gasteiger partial charge in [0.2, 0.25) is 24.1 Å². The van der Waals surface area contributed by atoms with Crippen molar-refractivity contribution in [1.82, 2.24) is 29.7 Å². The number of imide groups is 1. The van der Waals surface area contributed by atoms with Crippen molar-refractivity contribution < 1.29 is 38.2 Å². The molecule has 3 aliphatic rings. The summed E-state index contributed by atoms with van der Waals surface area (Å²) in [5, 5.41) is 3.51. The van der Waals surface area contributed by atoms with Gasteiger partial charge in [-0.1, -0.05) is 47.5 Å². The highest BCUT2D eigenvalue weighted by molar-refractivity contribution is 6.31. The van der Waals surface area contributed by atoms with Crippen LogP contribution in [0.15, 0.2) is 88.6 Å². The molecule has 21 heteroatoms. The number of piperidine rings is 2. The molecule has 0 radical (unpaired) electrons. The quantitative estimate of drug-likeness (QED) is 0.0562. The van der Waals surface area contributed by atoms with Gasteiger partial charge in [0.25, 0.3) is 11.5 Å². The molecule has 368 valence electrons. The number of aldehydes is 1. The lowest BCUT2D eigenvalue weighted by Crippen LogP contribution is -2.51. The number of hydrogen-bond acceptors (Lipinski definition) is 14. The molecule has 69 heavy (non-hydrogen) atoms. The fourth-order valence-corrected chi connectivity index (χ4v) is 8.19. The highest BCUT2D eigenvalue weighted by Crippen LogP contribution is 2.39. The van der Waals surface area contributed by atoms with Gasteiger partial charge in [0.15, 0.2) is 0 Å². The van der Waals surface area contributed by atoms with Gasteiger partial charge in [-0.25, -0.2) is 4.98 Å². The first-order valence-electron chi connectivity index (χ1n) is 22.1. The molecule has 2 fully saturated rings. The van der Waals surface area contributed by atoms with Gasteiger partial charge in [0.05, 0.1) is 37.0 Å². The fraction of sp³-hybridized carbons (Fsp3) is 0.396. The number of carbonyl (C=O) groups is 5. The molecule has 0 aliphatic carbocycles. The standard InChI is InChI=1S/C22H25ClN6O5.C20H28N4O4.C6H5Cl/c1-24-19(16-11-25-22(34-4)26-20(16)33-3)28(7-5-6-8-30)15-10-18(31)29(13-15)17-9-14(23)12-27(2)21(17)32;1-22-11-9-14(10-12-22)28-17-6-4-5-15(19(17)23(2)13-25)24(3)16-7-8-18(26)21-20(16)27;7-6-4-2-1-3-5-6/h8-12H,5-7,13H2,1-4H3;4-6,13-14,16H,7-12H2,1-3H3,(H,21,26,27);1-5H. The van der Waals surface area contributed by atoms with Crippen molar-refractivity contribution >= 4 is 76.5 Å². The summed E-state index contributed by atoms with van der Waals surface area (Å²) in [6, 6.07) is 16.1. The van der Waals surface area contributed by atoms with Crippen LogP contribution in [-0.2, 0) is 31.0 Å². The highest BCUT2D eigenvalue weighted by Gasteiger charge is 2.34. The van der Waals surface area contributed by atoms with E-state index in [0.717, 1.165) is 49.3 Å². The highest BCUT2D eigenvalue weighted by atomic mass is 35.5. The van der Waals surface area contributed by atoms with E-state index in [1.807, 2.05) is 53.4 Å². The lowest BCUT2D eigenvalue weighted by molar-refractivity contribution is -0.134. The number of hydrogen-bond donors (Lipinski definition) is 1. The molecular weight excluding hydrogens is 931 g/mol. The first-order chi connectivity index (χ1) is 33.1. The molecule has 3 aliphatic heterocycles. The number of likely N-dealkylation sites (tertiary alicyclic amines) is 1. The summed E-state index contributed by atoms with van der Waals surface area (Å²) in [6.07, 6.45) is 9.49. The zero-order chi connectivity index (χ0) is 50.2. The second-order valence-electron chi connectivity index (χ2n) is 16.1. The summed E-state index contributed by atoms with van der Waals surface area (Å²) in [5.41, 5.74) is 2.21. The van der Waals surface area contributed by atoms with Crippen LogP contribution in [0.5, 0.6) is 17.6 Å². The normalized spacial score (nSPS) is 16.2. The third-order valence-electron chi connectivity index (χ3n) is 11.4. The molecule has 5 heterocycles. The van der Waals surface area contributed by atoms with Gasteiger partial charge < -0.3 is 43.2 Å². The van der Waals surface area contributed by atoms with E-state index in [1.54, 1.807) is 33.1 Å². The van der Waals surface area contributed by atoms with Crippen LogP contribution >= 0.6 is 23.2 Å². The number of pyridine rings is 1. The van der Waals surface area contributed by atoms with Crippen LogP contribution in [0.2, 0.25) is 10.0 Å². The maximum atomic E-state index is 12.9. The van der Waals surface area contributed by atoms with Crippen molar-refractivity contribution in [3.05, 3.63) is 105 Å². The molecule has 2 aromatic heterocycles. The number of carbonyl (C=O) groups excluding carboxylic acids is 5. The number of methoxy groups -OCH3 is 2. The summed E-state index contributed by atoms with van der Waals surface area (Å²) in [6.45, 7) is 2.42. The lowest BCUT2D eigenvalue weighted by atomic mass is 10.0. The van der Waals surface area contributed by atoms with Gasteiger partial charge in [0.1, 0.15) is 41.4 Å². The largest absolute Gasteiger partial charge is 0.488 e. The van der Waals surface area contributed by atoms with E-state index in [4.69, 9.17) is 37.4 Å². The van der Waals surface area contributed by atoms with Crippen molar-refractivity contribution in [2.45, 2.75) is 50.7 Å². The van der Waals surface area contributed by atoms with E-state index in [9.17, 15) is 28.8 Å². The molecule has 4 aromatic rings. The maximum Gasteiger partial charge on any atom is 0.319 e. The molecule has 1 N–H and O–H groups in total. The van der Waals surface area contributed by atoms with E-state index in [-0.39, 0.29) is 53.5 Å². The Hall–Kier alpha value is -6.83. The molecule has 7 rings (SSSR count). The second kappa shape index (κ2) is 25.5. The lowest BCUT2D eigenvalue weighted by Gasteiger charge is -2.35. The van der Waals surface area contributed by atoms with Crippen LogP contribution in [0.25, 0.3) is 0 Å². The third kappa shape index (κ3) is 13.9. The Bertz CT molecular complexity index is 2570. The second-order valence-corrected chi connectivity index (χ2v) is 17.0.